The first-order valence-corrected chi connectivity index (χ1v) is 5.19. The van der Waals surface area contributed by atoms with Crippen molar-refractivity contribution in [3.8, 4) is 12.5 Å². The van der Waals surface area contributed by atoms with Crippen molar-refractivity contribution in [3.05, 3.63) is 0 Å². The van der Waals surface area contributed by atoms with Gasteiger partial charge in [-0.3, -0.25) is 0 Å². The van der Waals surface area contributed by atoms with Gasteiger partial charge in [0.05, 0.1) is 0 Å². The Hall–Kier alpha value is -0.640. The van der Waals surface area contributed by atoms with Crippen molar-refractivity contribution < 1.29 is 0 Å². The Morgan fingerprint density at radius 2 is 2.15 bits per heavy atom. The van der Waals surface area contributed by atoms with Crippen molar-refractivity contribution >= 4 is 0 Å². The molecule has 1 unspecified atom stereocenters. The summed E-state index contributed by atoms with van der Waals surface area (Å²) in [5.41, 5.74) is 0.217. The van der Waals surface area contributed by atoms with Gasteiger partial charge in [-0.2, -0.15) is 0 Å². The van der Waals surface area contributed by atoms with Crippen LogP contribution >= 0.6 is 0 Å². The zero-order valence-electron chi connectivity index (χ0n) is 9.30. The summed E-state index contributed by atoms with van der Waals surface area (Å²) in [6.07, 6.45) is 8.03. The highest BCUT2D eigenvalue weighted by atomic mass is 15.2. The molecule has 1 heterocycles. The van der Waals surface area contributed by atoms with E-state index in [2.05, 4.69) is 38.6 Å². The van der Waals surface area contributed by atoms with Crippen molar-refractivity contribution in [2.24, 2.45) is 11.8 Å². The van der Waals surface area contributed by atoms with Crippen LogP contribution in [0.3, 0.4) is 0 Å². The maximum absolute atomic E-state index is 5.48. The number of rotatable bonds is 2. The summed E-state index contributed by atoms with van der Waals surface area (Å²) in [5, 5.41) is 0. The van der Waals surface area contributed by atoms with Gasteiger partial charge < -0.3 is 4.90 Å². The van der Waals surface area contributed by atoms with E-state index in [1.807, 2.05) is 0 Å². The molecule has 0 bridgehead atoms. The number of hydrogen-bond donors (Lipinski definition) is 0. The molecular formula is C12H21N. The third kappa shape index (κ3) is 2.40. The van der Waals surface area contributed by atoms with Crippen molar-refractivity contribution in [2.75, 3.05) is 6.54 Å². The van der Waals surface area contributed by atoms with E-state index in [0.29, 0.717) is 0 Å². The van der Waals surface area contributed by atoms with Gasteiger partial charge in [0.2, 0.25) is 0 Å². The Bertz CT molecular complexity index is 210. The summed E-state index contributed by atoms with van der Waals surface area (Å²) in [4.78, 5) is 2.15. The van der Waals surface area contributed by atoms with Crippen molar-refractivity contribution in [1.82, 2.24) is 4.90 Å². The number of nitrogens with zero attached hydrogens (tertiary/aromatic N) is 1. The molecule has 1 aliphatic heterocycles. The van der Waals surface area contributed by atoms with Gasteiger partial charge in [-0.05, 0) is 38.5 Å². The molecule has 1 nitrogen and oxygen atoms in total. The minimum absolute atomic E-state index is 0.217. The molecule has 1 saturated heterocycles. The predicted molar refractivity (Wildman–Crippen MR) is 57.2 cm³/mol. The number of terminal acetylenes is 1. The molecule has 0 aliphatic carbocycles. The standard InChI is InChI=1S/C12H21N/c1-6-13-9-11(7-10(2)3)8-12(13,4)5/h1,10-11H,7-9H2,2-5H3. The van der Waals surface area contributed by atoms with Gasteiger partial charge in [0.15, 0.2) is 0 Å². The Morgan fingerprint density at radius 1 is 1.54 bits per heavy atom. The first-order chi connectivity index (χ1) is 5.95. The van der Waals surface area contributed by atoms with E-state index in [1.54, 1.807) is 0 Å². The average molecular weight is 179 g/mol. The lowest BCUT2D eigenvalue weighted by atomic mass is 9.90. The highest BCUT2D eigenvalue weighted by molar-refractivity contribution is 5.02. The van der Waals surface area contributed by atoms with Crippen LogP contribution in [-0.4, -0.2) is 17.0 Å². The van der Waals surface area contributed by atoms with Gasteiger partial charge in [0.25, 0.3) is 0 Å². The number of hydrogen-bond acceptors (Lipinski definition) is 1. The molecular weight excluding hydrogens is 158 g/mol. The van der Waals surface area contributed by atoms with E-state index < -0.39 is 0 Å². The zero-order valence-corrected chi connectivity index (χ0v) is 9.30. The maximum Gasteiger partial charge on any atom is 0.0427 e. The highest BCUT2D eigenvalue weighted by Gasteiger charge is 2.36. The summed E-state index contributed by atoms with van der Waals surface area (Å²) in [5.74, 6) is 1.59. The van der Waals surface area contributed by atoms with Crippen LogP contribution in [0.15, 0.2) is 0 Å². The van der Waals surface area contributed by atoms with Crippen LogP contribution in [0, 0.1) is 24.3 Å². The molecule has 0 N–H and O–H groups in total. The summed E-state index contributed by atoms with van der Waals surface area (Å²) < 4.78 is 0. The van der Waals surface area contributed by atoms with Gasteiger partial charge >= 0.3 is 0 Å². The van der Waals surface area contributed by atoms with Crippen LogP contribution < -0.4 is 0 Å². The Labute approximate surface area is 82.5 Å². The van der Waals surface area contributed by atoms with E-state index in [0.717, 1.165) is 18.4 Å². The largest absolute Gasteiger partial charge is 0.327 e. The predicted octanol–water partition coefficient (Wildman–Crippen LogP) is 2.72. The quantitative estimate of drug-likeness (QED) is 0.589. The fourth-order valence-electron chi connectivity index (χ4n) is 2.44. The Balaban J connectivity index is 2.55. The molecule has 1 heteroatoms. The lowest BCUT2D eigenvalue weighted by Gasteiger charge is -2.27. The fourth-order valence-corrected chi connectivity index (χ4v) is 2.44. The third-order valence-electron chi connectivity index (χ3n) is 2.92. The van der Waals surface area contributed by atoms with Crippen molar-refractivity contribution in [3.63, 3.8) is 0 Å². The van der Waals surface area contributed by atoms with E-state index in [-0.39, 0.29) is 5.54 Å². The van der Waals surface area contributed by atoms with Crippen LogP contribution in [0.2, 0.25) is 0 Å². The molecule has 0 spiro atoms. The molecule has 0 radical (unpaired) electrons. The van der Waals surface area contributed by atoms with Crippen LogP contribution in [0.4, 0.5) is 0 Å². The summed E-state index contributed by atoms with van der Waals surface area (Å²) >= 11 is 0. The normalized spacial score (nSPS) is 26.5. The molecule has 74 valence electrons. The minimum atomic E-state index is 0.217. The second kappa shape index (κ2) is 3.62. The molecule has 1 aliphatic rings. The first-order valence-electron chi connectivity index (χ1n) is 5.19. The Morgan fingerprint density at radius 3 is 2.54 bits per heavy atom. The van der Waals surface area contributed by atoms with Crippen LogP contribution in [-0.2, 0) is 0 Å². The first kappa shape index (κ1) is 10.4. The topological polar surface area (TPSA) is 3.24 Å². The second-order valence-electron chi connectivity index (χ2n) is 5.25. The van der Waals surface area contributed by atoms with E-state index >= 15 is 0 Å². The molecule has 1 fully saturated rings. The molecule has 1 rings (SSSR count). The van der Waals surface area contributed by atoms with E-state index in [9.17, 15) is 0 Å². The van der Waals surface area contributed by atoms with Crippen LogP contribution in [0.25, 0.3) is 0 Å². The van der Waals surface area contributed by atoms with E-state index in [1.165, 1.54) is 12.8 Å². The van der Waals surface area contributed by atoms with Gasteiger partial charge in [-0.15, -0.1) is 0 Å². The molecule has 0 aromatic carbocycles. The smallest absolute Gasteiger partial charge is 0.0427 e. The fraction of sp³-hybridized carbons (Fsp3) is 0.833. The summed E-state index contributed by atoms with van der Waals surface area (Å²) in [7, 11) is 0. The zero-order chi connectivity index (χ0) is 10.1. The molecule has 0 saturated carbocycles. The summed E-state index contributed by atoms with van der Waals surface area (Å²) in [6.45, 7) is 10.1. The summed E-state index contributed by atoms with van der Waals surface area (Å²) in [6, 6.07) is 2.79. The minimum Gasteiger partial charge on any atom is -0.327 e. The highest BCUT2D eigenvalue weighted by Crippen LogP contribution is 2.34. The van der Waals surface area contributed by atoms with Gasteiger partial charge in [0.1, 0.15) is 0 Å². The van der Waals surface area contributed by atoms with Gasteiger partial charge in [-0.1, -0.05) is 20.3 Å². The van der Waals surface area contributed by atoms with Crippen molar-refractivity contribution in [2.45, 2.75) is 46.1 Å². The van der Waals surface area contributed by atoms with Gasteiger partial charge in [-0.25, -0.2) is 0 Å². The monoisotopic (exact) mass is 179 g/mol. The third-order valence-corrected chi connectivity index (χ3v) is 2.92. The lowest BCUT2D eigenvalue weighted by molar-refractivity contribution is 0.266. The lowest BCUT2D eigenvalue weighted by Crippen LogP contribution is -2.33. The van der Waals surface area contributed by atoms with Gasteiger partial charge in [0, 0.05) is 18.1 Å². The maximum atomic E-state index is 5.48. The SMILES string of the molecule is C#CN1CC(CC(C)C)CC1(C)C. The molecule has 13 heavy (non-hydrogen) atoms. The molecule has 1 atom stereocenters. The molecule has 0 amide bonds. The Kier molecular flexibility index (Phi) is 2.91. The molecule has 0 aromatic rings. The van der Waals surface area contributed by atoms with Crippen molar-refractivity contribution in [1.29, 1.82) is 0 Å². The van der Waals surface area contributed by atoms with E-state index in [4.69, 9.17) is 6.42 Å². The van der Waals surface area contributed by atoms with Crippen LogP contribution in [0.1, 0.15) is 40.5 Å². The number of likely N-dealkylation sites (tertiary alicyclic amines) is 1. The second-order valence-corrected chi connectivity index (χ2v) is 5.25. The average Bonchev–Trinajstić information content (AvgIpc) is 2.23. The van der Waals surface area contributed by atoms with Crippen LogP contribution in [0.5, 0.6) is 0 Å². The molecule has 0 aromatic heterocycles.